The Kier molecular flexibility index (Phi) is 4.74. The summed E-state index contributed by atoms with van der Waals surface area (Å²) in [5, 5.41) is 2.80. The van der Waals surface area contributed by atoms with Gasteiger partial charge in [0.1, 0.15) is 5.76 Å². The zero-order valence-electron chi connectivity index (χ0n) is 11.7. The maximum absolute atomic E-state index is 11.7. The monoisotopic (exact) mass is 270 g/mol. The summed E-state index contributed by atoms with van der Waals surface area (Å²) in [6, 6.07) is 11.4. The molecule has 104 valence electrons. The van der Waals surface area contributed by atoms with Gasteiger partial charge >= 0.3 is 0 Å². The molecule has 0 saturated heterocycles. The molecule has 1 N–H and O–H groups in total. The van der Waals surface area contributed by atoms with Gasteiger partial charge in [-0.3, -0.25) is 4.79 Å². The van der Waals surface area contributed by atoms with Crippen molar-refractivity contribution in [3.05, 3.63) is 60.1 Å². The molecule has 0 radical (unpaired) electrons. The van der Waals surface area contributed by atoms with E-state index in [2.05, 4.69) is 10.2 Å². The molecule has 0 aliphatic heterocycles. The number of anilines is 1. The van der Waals surface area contributed by atoms with Crippen molar-refractivity contribution in [3.63, 3.8) is 0 Å². The fourth-order valence-electron chi connectivity index (χ4n) is 1.79. The van der Waals surface area contributed by atoms with Gasteiger partial charge in [0.2, 0.25) is 5.91 Å². The van der Waals surface area contributed by atoms with Gasteiger partial charge in [-0.05, 0) is 50.0 Å². The van der Waals surface area contributed by atoms with Gasteiger partial charge in [0.15, 0.2) is 0 Å². The van der Waals surface area contributed by atoms with Crippen LogP contribution in [-0.4, -0.2) is 24.9 Å². The van der Waals surface area contributed by atoms with Crippen LogP contribution in [-0.2, 0) is 11.3 Å². The van der Waals surface area contributed by atoms with E-state index in [1.165, 1.54) is 11.6 Å². The number of hydrogen-bond acceptors (Lipinski definition) is 3. The maximum atomic E-state index is 11.7. The van der Waals surface area contributed by atoms with E-state index >= 15 is 0 Å². The molecule has 0 spiro atoms. The Labute approximate surface area is 118 Å². The molecule has 1 amide bonds. The molecule has 1 heterocycles. The second kappa shape index (κ2) is 6.73. The second-order valence-corrected chi connectivity index (χ2v) is 4.77. The SMILES string of the molecule is CN(C)Cc1ccc(NC(=O)C=Cc2ccco2)cc1. The highest BCUT2D eigenvalue weighted by Crippen LogP contribution is 2.11. The van der Waals surface area contributed by atoms with E-state index < -0.39 is 0 Å². The summed E-state index contributed by atoms with van der Waals surface area (Å²) >= 11 is 0. The lowest BCUT2D eigenvalue weighted by atomic mass is 10.2. The molecule has 4 nitrogen and oxygen atoms in total. The minimum absolute atomic E-state index is 0.179. The van der Waals surface area contributed by atoms with E-state index in [1.807, 2.05) is 38.4 Å². The predicted octanol–water partition coefficient (Wildman–Crippen LogP) is 2.99. The van der Waals surface area contributed by atoms with Crippen LogP contribution in [0.25, 0.3) is 6.08 Å². The van der Waals surface area contributed by atoms with E-state index in [1.54, 1.807) is 24.5 Å². The van der Waals surface area contributed by atoms with E-state index in [0.717, 1.165) is 12.2 Å². The van der Waals surface area contributed by atoms with Gasteiger partial charge in [0.05, 0.1) is 6.26 Å². The number of furan rings is 1. The zero-order chi connectivity index (χ0) is 14.4. The minimum Gasteiger partial charge on any atom is -0.465 e. The molecule has 0 aliphatic rings. The fraction of sp³-hybridized carbons (Fsp3) is 0.188. The van der Waals surface area contributed by atoms with Crippen LogP contribution in [0.15, 0.2) is 53.2 Å². The molecule has 0 atom stereocenters. The standard InChI is InChI=1S/C16H18N2O2/c1-18(2)12-13-5-7-14(8-6-13)17-16(19)10-9-15-4-3-11-20-15/h3-11H,12H2,1-2H3,(H,17,19). The Bertz CT molecular complexity index is 569. The van der Waals surface area contributed by atoms with Crippen molar-refractivity contribution in [2.75, 3.05) is 19.4 Å². The number of nitrogens with zero attached hydrogens (tertiary/aromatic N) is 1. The molecule has 0 fully saturated rings. The van der Waals surface area contributed by atoms with Crippen molar-refractivity contribution in [2.45, 2.75) is 6.54 Å². The largest absolute Gasteiger partial charge is 0.465 e. The average molecular weight is 270 g/mol. The number of carbonyl (C=O) groups excluding carboxylic acids is 1. The molecule has 0 unspecified atom stereocenters. The minimum atomic E-state index is -0.179. The lowest BCUT2D eigenvalue weighted by Gasteiger charge is -2.10. The molecule has 2 aromatic rings. The maximum Gasteiger partial charge on any atom is 0.248 e. The molecular weight excluding hydrogens is 252 g/mol. The molecule has 20 heavy (non-hydrogen) atoms. The summed E-state index contributed by atoms with van der Waals surface area (Å²) in [7, 11) is 4.05. The smallest absolute Gasteiger partial charge is 0.248 e. The van der Waals surface area contributed by atoms with Gasteiger partial charge in [0, 0.05) is 18.3 Å². The highest BCUT2D eigenvalue weighted by Gasteiger charge is 2.00. The van der Waals surface area contributed by atoms with Gasteiger partial charge in [-0.15, -0.1) is 0 Å². The second-order valence-electron chi connectivity index (χ2n) is 4.77. The van der Waals surface area contributed by atoms with Crippen LogP contribution in [0.3, 0.4) is 0 Å². The van der Waals surface area contributed by atoms with Crippen molar-refractivity contribution in [3.8, 4) is 0 Å². The number of rotatable bonds is 5. The summed E-state index contributed by atoms with van der Waals surface area (Å²) < 4.78 is 5.12. The molecule has 0 saturated carbocycles. The van der Waals surface area contributed by atoms with Gasteiger partial charge in [0.25, 0.3) is 0 Å². The van der Waals surface area contributed by atoms with Gasteiger partial charge < -0.3 is 14.6 Å². The molecule has 1 aromatic heterocycles. The van der Waals surface area contributed by atoms with E-state index in [-0.39, 0.29) is 5.91 Å². The van der Waals surface area contributed by atoms with Crippen LogP contribution >= 0.6 is 0 Å². The number of carbonyl (C=O) groups is 1. The van der Waals surface area contributed by atoms with Crippen molar-refractivity contribution in [2.24, 2.45) is 0 Å². The third-order valence-electron chi connectivity index (χ3n) is 2.66. The summed E-state index contributed by atoms with van der Waals surface area (Å²) in [5.74, 6) is 0.475. The van der Waals surface area contributed by atoms with Crippen molar-refractivity contribution in [1.82, 2.24) is 4.90 Å². The van der Waals surface area contributed by atoms with Gasteiger partial charge in [-0.1, -0.05) is 12.1 Å². The Morgan fingerprint density at radius 1 is 1.25 bits per heavy atom. The Hall–Kier alpha value is -2.33. The number of amides is 1. The quantitative estimate of drug-likeness (QED) is 0.849. The van der Waals surface area contributed by atoms with Crippen LogP contribution in [0.5, 0.6) is 0 Å². The molecule has 4 heteroatoms. The molecule has 1 aromatic carbocycles. The highest BCUT2D eigenvalue weighted by molar-refractivity contribution is 6.01. The lowest BCUT2D eigenvalue weighted by molar-refractivity contribution is -0.111. The number of hydrogen-bond donors (Lipinski definition) is 1. The number of benzene rings is 1. The van der Waals surface area contributed by atoms with Crippen molar-refractivity contribution < 1.29 is 9.21 Å². The summed E-state index contributed by atoms with van der Waals surface area (Å²) in [6.45, 7) is 0.882. The topological polar surface area (TPSA) is 45.5 Å². The molecule has 0 aliphatic carbocycles. The van der Waals surface area contributed by atoms with Crippen LogP contribution < -0.4 is 5.32 Å². The molecule has 2 rings (SSSR count). The average Bonchev–Trinajstić information content (AvgIpc) is 2.91. The van der Waals surface area contributed by atoms with Crippen LogP contribution in [0.1, 0.15) is 11.3 Å². The van der Waals surface area contributed by atoms with Crippen LogP contribution in [0.4, 0.5) is 5.69 Å². The summed E-state index contributed by atoms with van der Waals surface area (Å²) in [4.78, 5) is 13.8. The van der Waals surface area contributed by atoms with E-state index in [4.69, 9.17) is 4.42 Å². The van der Waals surface area contributed by atoms with Crippen LogP contribution in [0, 0.1) is 0 Å². The van der Waals surface area contributed by atoms with Gasteiger partial charge in [-0.25, -0.2) is 0 Å². The zero-order valence-corrected chi connectivity index (χ0v) is 11.7. The Balaban J connectivity index is 1.91. The Morgan fingerprint density at radius 2 is 2.00 bits per heavy atom. The first-order valence-electron chi connectivity index (χ1n) is 6.40. The third kappa shape index (κ3) is 4.40. The normalized spacial score (nSPS) is 11.2. The van der Waals surface area contributed by atoms with Crippen LogP contribution in [0.2, 0.25) is 0 Å². The van der Waals surface area contributed by atoms with Crippen molar-refractivity contribution in [1.29, 1.82) is 0 Å². The third-order valence-corrected chi connectivity index (χ3v) is 2.66. The predicted molar refractivity (Wildman–Crippen MR) is 80.2 cm³/mol. The fourth-order valence-corrected chi connectivity index (χ4v) is 1.79. The first-order chi connectivity index (χ1) is 9.63. The molecule has 0 bridgehead atoms. The first-order valence-corrected chi connectivity index (χ1v) is 6.40. The first kappa shape index (κ1) is 14.1. The van der Waals surface area contributed by atoms with E-state index in [9.17, 15) is 4.79 Å². The lowest BCUT2D eigenvalue weighted by Crippen LogP contribution is -2.11. The van der Waals surface area contributed by atoms with Gasteiger partial charge in [-0.2, -0.15) is 0 Å². The van der Waals surface area contributed by atoms with E-state index in [0.29, 0.717) is 5.76 Å². The molecular formula is C16H18N2O2. The highest BCUT2D eigenvalue weighted by atomic mass is 16.3. The summed E-state index contributed by atoms with van der Waals surface area (Å²) in [6.07, 6.45) is 4.66. The number of nitrogens with one attached hydrogen (secondary N) is 1. The van der Waals surface area contributed by atoms with Crippen molar-refractivity contribution >= 4 is 17.7 Å². The Morgan fingerprint density at radius 3 is 2.60 bits per heavy atom. The summed E-state index contributed by atoms with van der Waals surface area (Å²) in [5.41, 5.74) is 1.99.